The number of nitrogens with one attached hydrogen (secondary N) is 1. The van der Waals surface area contributed by atoms with Crippen LogP contribution in [0.4, 0.5) is 0 Å². The third-order valence-corrected chi connectivity index (χ3v) is 3.79. The topological polar surface area (TPSA) is 29.9 Å². The summed E-state index contributed by atoms with van der Waals surface area (Å²) >= 11 is 1.85. The standard InChI is InChI=1S/C14H19N3S/c1-11-7-13(17(3)16-11)10-18-14-6-4-5-12(8-14)9-15-2/h4-8,15H,9-10H2,1-3H3. The van der Waals surface area contributed by atoms with Crippen LogP contribution < -0.4 is 5.32 Å². The van der Waals surface area contributed by atoms with Crippen molar-refractivity contribution in [2.45, 2.75) is 24.1 Å². The van der Waals surface area contributed by atoms with Crippen LogP contribution in [-0.2, 0) is 19.3 Å². The van der Waals surface area contributed by atoms with Crippen LogP contribution in [0.5, 0.6) is 0 Å². The van der Waals surface area contributed by atoms with E-state index in [-0.39, 0.29) is 0 Å². The summed E-state index contributed by atoms with van der Waals surface area (Å²) in [7, 11) is 3.97. The van der Waals surface area contributed by atoms with Gasteiger partial charge in [-0.1, -0.05) is 12.1 Å². The van der Waals surface area contributed by atoms with E-state index in [1.54, 1.807) is 0 Å². The minimum absolute atomic E-state index is 0.916. The van der Waals surface area contributed by atoms with E-state index in [0.29, 0.717) is 0 Å². The molecule has 96 valence electrons. The number of aryl methyl sites for hydroxylation is 2. The molecular formula is C14H19N3S. The molecule has 2 aromatic rings. The molecule has 0 atom stereocenters. The van der Waals surface area contributed by atoms with Gasteiger partial charge in [0.25, 0.3) is 0 Å². The molecule has 4 heteroatoms. The number of hydrogen-bond donors (Lipinski definition) is 1. The van der Waals surface area contributed by atoms with Crippen molar-refractivity contribution in [3.05, 3.63) is 47.3 Å². The van der Waals surface area contributed by atoms with Crippen LogP contribution in [-0.4, -0.2) is 16.8 Å². The number of rotatable bonds is 5. The van der Waals surface area contributed by atoms with Gasteiger partial charge >= 0.3 is 0 Å². The molecule has 0 unspecified atom stereocenters. The Morgan fingerprint density at radius 3 is 2.83 bits per heavy atom. The second-order valence-electron chi connectivity index (χ2n) is 4.37. The highest BCUT2D eigenvalue weighted by Crippen LogP contribution is 2.23. The van der Waals surface area contributed by atoms with Gasteiger partial charge in [0.05, 0.1) is 5.69 Å². The maximum Gasteiger partial charge on any atom is 0.0596 e. The average Bonchev–Trinajstić information content (AvgIpc) is 2.66. The lowest BCUT2D eigenvalue weighted by molar-refractivity contribution is 0.727. The van der Waals surface area contributed by atoms with Gasteiger partial charge in [-0.05, 0) is 37.7 Å². The summed E-state index contributed by atoms with van der Waals surface area (Å²) in [5.41, 5.74) is 3.66. The first-order chi connectivity index (χ1) is 8.69. The van der Waals surface area contributed by atoms with Crippen LogP contribution in [0, 0.1) is 6.92 Å². The maximum absolute atomic E-state index is 4.36. The summed E-state index contributed by atoms with van der Waals surface area (Å²) in [6.07, 6.45) is 0. The predicted molar refractivity (Wildman–Crippen MR) is 76.7 cm³/mol. The molecule has 0 radical (unpaired) electrons. The Bertz CT molecular complexity index is 520. The molecule has 2 rings (SSSR count). The van der Waals surface area contributed by atoms with E-state index in [0.717, 1.165) is 18.0 Å². The summed E-state index contributed by atoms with van der Waals surface area (Å²) < 4.78 is 1.96. The molecule has 0 saturated carbocycles. The Hall–Kier alpha value is -1.26. The Morgan fingerprint density at radius 2 is 2.17 bits per heavy atom. The molecule has 0 aliphatic heterocycles. The van der Waals surface area contributed by atoms with Crippen LogP contribution in [0.25, 0.3) is 0 Å². The van der Waals surface area contributed by atoms with Crippen molar-refractivity contribution in [1.82, 2.24) is 15.1 Å². The van der Waals surface area contributed by atoms with E-state index >= 15 is 0 Å². The molecule has 0 spiro atoms. The minimum Gasteiger partial charge on any atom is -0.316 e. The summed E-state index contributed by atoms with van der Waals surface area (Å²) in [5.74, 6) is 0.959. The first-order valence-electron chi connectivity index (χ1n) is 6.05. The van der Waals surface area contributed by atoms with Crippen molar-refractivity contribution in [2.24, 2.45) is 7.05 Å². The van der Waals surface area contributed by atoms with Crippen molar-refractivity contribution >= 4 is 11.8 Å². The van der Waals surface area contributed by atoms with E-state index in [9.17, 15) is 0 Å². The van der Waals surface area contributed by atoms with Gasteiger partial charge in [0, 0.05) is 29.9 Å². The number of aromatic nitrogens is 2. The summed E-state index contributed by atoms with van der Waals surface area (Å²) in [6.45, 7) is 2.95. The average molecular weight is 261 g/mol. The zero-order valence-corrected chi connectivity index (χ0v) is 11.9. The maximum atomic E-state index is 4.36. The molecule has 1 heterocycles. The van der Waals surface area contributed by atoms with Crippen LogP contribution in [0.2, 0.25) is 0 Å². The molecule has 0 bridgehead atoms. The third kappa shape index (κ3) is 3.37. The van der Waals surface area contributed by atoms with Crippen molar-refractivity contribution in [1.29, 1.82) is 0 Å². The van der Waals surface area contributed by atoms with Gasteiger partial charge in [-0.2, -0.15) is 5.10 Å². The van der Waals surface area contributed by atoms with Crippen LogP contribution in [0.3, 0.4) is 0 Å². The Balaban J connectivity index is 2.01. The normalized spacial score (nSPS) is 10.8. The summed E-state index contributed by atoms with van der Waals surface area (Å²) in [5, 5.41) is 7.54. The first-order valence-corrected chi connectivity index (χ1v) is 7.03. The fourth-order valence-corrected chi connectivity index (χ4v) is 2.90. The van der Waals surface area contributed by atoms with Crippen molar-refractivity contribution in [3.63, 3.8) is 0 Å². The third-order valence-electron chi connectivity index (χ3n) is 2.76. The quantitative estimate of drug-likeness (QED) is 0.839. The van der Waals surface area contributed by atoms with Gasteiger partial charge in [-0.25, -0.2) is 0 Å². The van der Waals surface area contributed by atoms with Crippen LogP contribution in [0.1, 0.15) is 17.0 Å². The fraction of sp³-hybridized carbons (Fsp3) is 0.357. The second kappa shape index (κ2) is 6.07. The van der Waals surface area contributed by atoms with Gasteiger partial charge in [-0.15, -0.1) is 11.8 Å². The lowest BCUT2D eigenvalue weighted by Gasteiger charge is -2.05. The van der Waals surface area contributed by atoms with Gasteiger partial charge in [0.1, 0.15) is 0 Å². The lowest BCUT2D eigenvalue weighted by Crippen LogP contribution is -2.04. The minimum atomic E-state index is 0.916. The monoisotopic (exact) mass is 261 g/mol. The largest absolute Gasteiger partial charge is 0.316 e. The first kappa shape index (κ1) is 13.2. The Kier molecular flexibility index (Phi) is 4.44. The molecule has 18 heavy (non-hydrogen) atoms. The zero-order valence-electron chi connectivity index (χ0n) is 11.1. The Labute approximate surface area is 113 Å². The summed E-state index contributed by atoms with van der Waals surface area (Å²) in [6, 6.07) is 10.8. The van der Waals surface area contributed by atoms with Crippen LogP contribution in [0.15, 0.2) is 35.2 Å². The Morgan fingerprint density at radius 1 is 1.33 bits per heavy atom. The van der Waals surface area contributed by atoms with Crippen LogP contribution >= 0.6 is 11.8 Å². The van der Waals surface area contributed by atoms with Crippen molar-refractivity contribution < 1.29 is 0 Å². The number of hydrogen-bond acceptors (Lipinski definition) is 3. The number of thioether (sulfide) groups is 1. The molecule has 0 amide bonds. The highest BCUT2D eigenvalue weighted by molar-refractivity contribution is 7.98. The zero-order chi connectivity index (χ0) is 13.0. The molecule has 0 saturated heterocycles. The second-order valence-corrected chi connectivity index (χ2v) is 5.42. The smallest absolute Gasteiger partial charge is 0.0596 e. The van der Waals surface area contributed by atoms with Crippen molar-refractivity contribution in [3.8, 4) is 0 Å². The number of benzene rings is 1. The molecule has 1 aromatic carbocycles. The molecule has 1 N–H and O–H groups in total. The highest BCUT2D eigenvalue weighted by Gasteiger charge is 2.03. The van der Waals surface area contributed by atoms with E-state index in [1.807, 2.05) is 37.5 Å². The highest BCUT2D eigenvalue weighted by atomic mass is 32.2. The van der Waals surface area contributed by atoms with E-state index in [1.165, 1.54) is 16.2 Å². The van der Waals surface area contributed by atoms with Gasteiger partial charge in [0.2, 0.25) is 0 Å². The van der Waals surface area contributed by atoms with E-state index < -0.39 is 0 Å². The van der Waals surface area contributed by atoms with Gasteiger partial charge in [-0.3, -0.25) is 4.68 Å². The van der Waals surface area contributed by atoms with Gasteiger partial charge in [0.15, 0.2) is 0 Å². The molecule has 3 nitrogen and oxygen atoms in total. The van der Waals surface area contributed by atoms with E-state index in [4.69, 9.17) is 0 Å². The van der Waals surface area contributed by atoms with E-state index in [2.05, 4.69) is 40.7 Å². The fourth-order valence-electron chi connectivity index (χ4n) is 1.91. The molecule has 0 fully saturated rings. The predicted octanol–water partition coefficient (Wildman–Crippen LogP) is 2.74. The SMILES string of the molecule is CNCc1cccc(SCc2cc(C)nn2C)c1. The van der Waals surface area contributed by atoms with Crippen molar-refractivity contribution in [2.75, 3.05) is 7.05 Å². The molecule has 0 aliphatic carbocycles. The molecule has 0 aliphatic rings. The summed E-state index contributed by atoms with van der Waals surface area (Å²) in [4.78, 5) is 1.31. The van der Waals surface area contributed by atoms with Gasteiger partial charge < -0.3 is 5.32 Å². The molecular weight excluding hydrogens is 242 g/mol. The lowest BCUT2D eigenvalue weighted by atomic mass is 10.2. The molecule has 1 aromatic heterocycles. The number of nitrogens with zero attached hydrogens (tertiary/aromatic N) is 2.